The first kappa shape index (κ1) is 12.5. The van der Waals surface area contributed by atoms with E-state index in [4.69, 9.17) is 0 Å². The molecular formula is C11H21O2. The third-order valence-corrected chi connectivity index (χ3v) is 2.39. The van der Waals surface area contributed by atoms with Gasteiger partial charge in [0.25, 0.3) is 0 Å². The van der Waals surface area contributed by atoms with Crippen LogP contribution in [0.5, 0.6) is 0 Å². The molecule has 0 amide bonds. The van der Waals surface area contributed by atoms with Gasteiger partial charge in [-0.25, -0.2) is 9.90 Å². The molecule has 0 bridgehead atoms. The van der Waals surface area contributed by atoms with Gasteiger partial charge < -0.3 is 0 Å². The van der Waals surface area contributed by atoms with Crippen LogP contribution in [0.3, 0.4) is 0 Å². The molecule has 0 aliphatic carbocycles. The Hall–Kier alpha value is -0.530. The molecule has 0 aromatic carbocycles. The highest BCUT2D eigenvalue weighted by Gasteiger charge is 2.11. The first-order valence-electron chi connectivity index (χ1n) is 5.39. The van der Waals surface area contributed by atoms with Crippen molar-refractivity contribution in [3.63, 3.8) is 0 Å². The Morgan fingerprint density at radius 1 is 1.08 bits per heavy atom. The summed E-state index contributed by atoms with van der Waals surface area (Å²) < 4.78 is 0. The molecule has 0 aromatic rings. The van der Waals surface area contributed by atoms with E-state index < -0.39 is 5.97 Å². The Morgan fingerprint density at radius 2 is 1.62 bits per heavy atom. The number of unbranched alkanes of at least 4 members (excludes halogenated alkanes) is 5. The quantitative estimate of drug-likeness (QED) is 0.534. The molecule has 0 spiro atoms. The number of hydrogen-bond donors (Lipinski definition) is 0. The molecule has 0 rings (SSSR count). The molecule has 77 valence electrons. The van der Waals surface area contributed by atoms with E-state index in [-0.39, 0.29) is 5.92 Å². The Balaban J connectivity index is 3.11. The van der Waals surface area contributed by atoms with Crippen LogP contribution in [0.4, 0.5) is 0 Å². The van der Waals surface area contributed by atoms with Gasteiger partial charge in [0, 0.05) is 0 Å². The first-order valence-corrected chi connectivity index (χ1v) is 5.39. The molecule has 0 aromatic heterocycles. The molecule has 0 N–H and O–H groups in total. The normalized spacial score (nSPS) is 12.8. The fourth-order valence-electron chi connectivity index (χ4n) is 1.35. The molecular weight excluding hydrogens is 164 g/mol. The van der Waals surface area contributed by atoms with Gasteiger partial charge in [-0.1, -0.05) is 52.4 Å². The van der Waals surface area contributed by atoms with Crippen molar-refractivity contribution < 1.29 is 9.90 Å². The van der Waals surface area contributed by atoms with Gasteiger partial charge in [0.2, 0.25) is 0 Å². The Bertz CT molecular complexity index is 132. The van der Waals surface area contributed by atoms with Crippen LogP contribution >= 0.6 is 0 Å². The first-order chi connectivity index (χ1) is 6.18. The highest BCUT2D eigenvalue weighted by molar-refractivity contribution is 5.68. The predicted molar refractivity (Wildman–Crippen MR) is 52.9 cm³/mol. The number of hydrogen-bond acceptors (Lipinski definition) is 1. The van der Waals surface area contributed by atoms with Gasteiger partial charge in [0.1, 0.15) is 0 Å². The SMILES string of the molecule is CCCCCCCCC(C)C([O])=O. The van der Waals surface area contributed by atoms with E-state index in [2.05, 4.69) is 6.92 Å². The van der Waals surface area contributed by atoms with E-state index in [0.717, 1.165) is 19.3 Å². The van der Waals surface area contributed by atoms with Crippen LogP contribution in [0.1, 0.15) is 58.8 Å². The summed E-state index contributed by atoms with van der Waals surface area (Å²) in [6, 6.07) is 0. The maximum atomic E-state index is 10.4. The van der Waals surface area contributed by atoms with E-state index >= 15 is 0 Å². The Labute approximate surface area is 81.3 Å². The monoisotopic (exact) mass is 185 g/mol. The van der Waals surface area contributed by atoms with Gasteiger partial charge in [-0.3, -0.25) is 0 Å². The summed E-state index contributed by atoms with van der Waals surface area (Å²) in [5.41, 5.74) is 0. The van der Waals surface area contributed by atoms with E-state index in [1.165, 1.54) is 25.7 Å². The predicted octanol–water partition coefficient (Wildman–Crippen LogP) is 3.33. The molecule has 0 aliphatic heterocycles. The van der Waals surface area contributed by atoms with Crippen molar-refractivity contribution in [1.29, 1.82) is 0 Å². The smallest absolute Gasteiger partial charge is 0.247 e. The van der Waals surface area contributed by atoms with Crippen molar-refractivity contribution in [2.45, 2.75) is 58.8 Å². The summed E-state index contributed by atoms with van der Waals surface area (Å²) in [4.78, 5) is 10.4. The lowest BCUT2D eigenvalue weighted by molar-refractivity contribution is -0.147. The van der Waals surface area contributed by atoms with Crippen molar-refractivity contribution in [2.24, 2.45) is 5.92 Å². The second kappa shape index (κ2) is 8.09. The summed E-state index contributed by atoms with van der Waals surface area (Å²) in [5, 5.41) is 10.4. The van der Waals surface area contributed by atoms with Crippen LogP contribution in [0, 0.1) is 5.92 Å². The third kappa shape index (κ3) is 7.82. The van der Waals surface area contributed by atoms with Gasteiger partial charge in [0.15, 0.2) is 0 Å². The summed E-state index contributed by atoms with van der Waals surface area (Å²) in [5.74, 6) is -1.18. The number of carbonyl (C=O) groups excluding carboxylic acids is 1. The standard InChI is InChI=1S/C11H21O2/c1-3-4-5-6-7-8-9-10(2)11(12)13/h10H,3-9H2,1-2H3. The average Bonchev–Trinajstić information content (AvgIpc) is 2.10. The van der Waals surface area contributed by atoms with Crippen LogP contribution in [0.15, 0.2) is 0 Å². The fourth-order valence-corrected chi connectivity index (χ4v) is 1.35. The zero-order valence-electron chi connectivity index (χ0n) is 8.84. The van der Waals surface area contributed by atoms with Gasteiger partial charge in [-0.05, 0) is 6.42 Å². The van der Waals surface area contributed by atoms with Crippen LogP contribution < -0.4 is 0 Å². The highest BCUT2D eigenvalue weighted by atomic mass is 16.4. The average molecular weight is 185 g/mol. The van der Waals surface area contributed by atoms with Crippen LogP contribution in [-0.4, -0.2) is 5.97 Å². The largest absolute Gasteiger partial charge is 0.358 e. The molecule has 1 radical (unpaired) electrons. The Morgan fingerprint density at radius 3 is 2.15 bits per heavy atom. The molecule has 0 saturated carbocycles. The maximum Gasteiger partial charge on any atom is 0.358 e. The van der Waals surface area contributed by atoms with Crippen molar-refractivity contribution in [1.82, 2.24) is 0 Å². The molecule has 0 saturated heterocycles. The maximum absolute atomic E-state index is 10.4. The van der Waals surface area contributed by atoms with Crippen LogP contribution in [0.25, 0.3) is 0 Å². The van der Waals surface area contributed by atoms with E-state index in [0.29, 0.717) is 0 Å². The van der Waals surface area contributed by atoms with Gasteiger partial charge >= 0.3 is 5.97 Å². The summed E-state index contributed by atoms with van der Waals surface area (Å²) in [6.45, 7) is 3.92. The molecule has 0 fully saturated rings. The van der Waals surface area contributed by atoms with Crippen LogP contribution in [-0.2, 0) is 9.90 Å². The highest BCUT2D eigenvalue weighted by Crippen LogP contribution is 2.11. The van der Waals surface area contributed by atoms with E-state index in [9.17, 15) is 9.90 Å². The summed E-state index contributed by atoms with van der Waals surface area (Å²) in [6.07, 6.45) is 8.06. The van der Waals surface area contributed by atoms with Gasteiger partial charge in [0.05, 0.1) is 5.92 Å². The molecule has 13 heavy (non-hydrogen) atoms. The summed E-state index contributed by atoms with van der Waals surface area (Å²) in [7, 11) is 0. The zero-order valence-corrected chi connectivity index (χ0v) is 8.84. The lowest BCUT2D eigenvalue weighted by atomic mass is 10.0. The van der Waals surface area contributed by atoms with Gasteiger partial charge in [-0.15, -0.1) is 0 Å². The number of carbonyl (C=O) groups is 1. The van der Waals surface area contributed by atoms with E-state index in [1.807, 2.05) is 0 Å². The second-order valence-electron chi connectivity index (χ2n) is 3.78. The lowest BCUT2D eigenvalue weighted by Crippen LogP contribution is -2.07. The molecule has 2 nitrogen and oxygen atoms in total. The molecule has 1 unspecified atom stereocenters. The van der Waals surface area contributed by atoms with Crippen LogP contribution in [0.2, 0.25) is 0 Å². The topological polar surface area (TPSA) is 37.0 Å². The Kier molecular flexibility index (Phi) is 7.76. The second-order valence-corrected chi connectivity index (χ2v) is 3.78. The minimum atomic E-state index is -0.909. The minimum Gasteiger partial charge on any atom is -0.247 e. The van der Waals surface area contributed by atoms with Crippen molar-refractivity contribution >= 4 is 5.97 Å². The molecule has 0 aliphatic rings. The number of rotatable bonds is 8. The zero-order chi connectivity index (χ0) is 10.1. The van der Waals surface area contributed by atoms with Crippen molar-refractivity contribution in [3.05, 3.63) is 0 Å². The van der Waals surface area contributed by atoms with Gasteiger partial charge in [-0.2, -0.15) is 0 Å². The lowest BCUT2D eigenvalue weighted by Gasteiger charge is -2.03. The molecule has 1 atom stereocenters. The molecule has 2 heteroatoms. The molecule has 0 heterocycles. The van der Waals surface area contributed by atoms with Crippen molar-refractivity contribution in [3.8, 4) is 0 Å². The summed E-state index contributed by atoms with van der Waals surface area (Å²) >= 11 is 0. The minimum absolute atomic E-state index is 0.272. The third-order valence-electron chi connectivity index (χ3n) is 2.39. The van der Waals surface area contributed by atoms with E-state index in [1.54, 1.807) is 6.92 Å². The van der Waals surface area contributed by atoms with Crippen molar-refractivity contribution in [2.75, 3.05) is 0 Å². The fraction of sp³-hybridized carbons (Fsp3) is 0.909.